The van der Waals surface area contributed by atoms with Crippen LogP contribution in [-0.2, 0) is 20.9 Å². The summed E-state index contributed by atoms with van der Waals surface area (Å²) in [5.74, 6) is -1.91. The van der Waals surface area contributed by atoms with Crippen LogP contribution in [0.3, 0.4) is 0 Å². The smallest absolute Gasteiger partial charge is 0.337 e. The number of allylic oxidation sites excluding steroid dienone is 3. The molecule has 42 heavy (non-hydrogen) atoms. The van der Waals surface area contributed by atoms with E-state index < -0.39 is 28.2 Å². The molecule has 0 bridgehead atoms. The van der Waals surface area contributed by atoms with Crippen molar-refractivity contribution < 1.29 is 33.8 Å². The predicted octanol–water partition coefficient (Wildman–Crippen LogP) is 5.87. The Balaban J connectivity index is 1.58. The number of nitro benzene ring substituents is 1. The van der Waals surface area contributed by atoms with Crippen molar-refractivity contribution in [3.63, 3.8) is 0 Å². The Bertz CT molecular complexity index is 1590. The van der Waals surface area contributed by atoms with Crippen molar-refractivity contribution in [1.82, 2.24) is 5.32 Å². The number of esters is 1. The van der Waals surface area contributed by atoms with Gasteiger partial charge in [-0.2, -0.15) is 0 Å². The van der Waals surface area contributed by atoms with Crippen LogP contribution in [0.25, 0.3) is 0 Å². The summed E-state index contributed by atoms with van der Waals surface area (Å²) in [7, 11) is 1.56. The summed E-state index contributed by atoms with van der Waals surface area (Å²) in [5, 5.41) is 27.7. The van der Waals surface area contributed by atoms with Gasteiger partial charge in [0.05, 0.1) is 24.2 Å². The lowest BCUT2D eigenvalue weighted by Gasteiger charge is -2.36. The molecule has 1 aliphatic carbocycles. The molecule has 0 saturated carbocycles. The Morgan fingerprint density at radius 3 is 2.60 bits per heavy atom. The first-order chi connectivity index (χ1) is 20.2. The maximum atomic E-state index is 13.8. The van der Waals surface area contributed by atoms with E-state index >= 15 is 0 Å². The lowest BCUT2D eigenvalue weighted by Crippen LogP contribution is -2.36. The summed E-state index contributed by atoms with van der Waals surface area (Å²) in [4.78, 5) is 39.8. The van der Waals surface area contributed by atoms with E-state index in [1.165, 1.54) is 12.1 Å². The van der Waals surface area contributed by atoms with Gasteiger partial charge < -0.3 is 24.6 Å². The van der Waals surface area contributed by atoms with Crippen LogP contribution in [0.15, 0.2) is 76.5 Å². The fourth-order valence-electron chi connectivity index (χ4n) is 5.50. The Morgan fingerprint density at radius 1 is 1.19 bits per heavy atom. The Kier molecular flexibility index (Phi) is 8.30. The van der Waals surface area contributed by atoms with Crippen LogP contribution in [0.5, 0.6) is 17.2 Å². The Hall–Kier alpha value is -4.64. The highest BCUT2D eigenvalue weighted by atomic mass is 32.1. The summed E-state index contributed by atoms with van der Waals surface area (Å²) in [6.45, 7) is 3.51. The minimum atomic E-state index is -0.972. The van der Waals surface area contributed by atoms with Crippen LogP contribution in [0.4, 0.5) is 5.69 Å². The molecule has 0 unspecified atom stereocenters. The van der Waals surface area contributed by atoms with Crippen LogP contribution in [-0.4, -0.2) is 35.5 Å². The molecular formula is C31H30N2O8S. The third-order valence-electron chi connectivity index (χ3n) is 7.43. The van der Waals surface area contributed by atoms with Crippen LogP contribution >= 0.6 is 11.3 Å². The summed E-state index contributed by atoms with van der Waals surface area (Å²) >= 11 is 1.58. The Morgan fingerprint density at radius 2 is 1.95 bits per heavy atom. The van der Waals surface area contributed by atoms with Crippen molar-refractivity contribution in [3.05, 3.63) is 103 Å². The molecule has 0 amide bonds. The number of carbonyl (C=O) groups is 2. The molecule has 1 aliphatic heterocycles. The minimum absolute atomic E-state index is 0.0334. The predicted molar refractivity (Wildman–Crippen MR) is 156 cm³/mol. The third-order valence-corrected chi connectivity index (χ3v) is 8.46. The van der Waals surface area contributed by atoms with E-state index in [0.717, 1.165) is 10.4 Å². The first kappa shape index (κ1) is 28.9. The van der Waals surface area contributed by atoms with Gasteiger partial charge in [-0.3, -0.25) is 14.9 Å². The number of rotatable bonds is 9. The van der Waals surface area contributed by atoms with Gasteiger partial charge in [-0.25, -0.2) is 4.79 Å². The molecule has 3 aromatic rings. The monoisotopic (exact) mass is 590 g/mol. The summed E-state index contributed by atoms with van der Waals surface area (Å²) in [5.41, 5.74) is 2.07. The highest BCUT2D eigenvalue weighted by molar-refractivity contribution is 7.10. The number of dihydropyridines is 1. The molecule has 2 aliphatic rings. The van der Waals surface area contributed by atoms with Crippen molar-refractivity contribution in [2.45, 2.75) is 45.1 Å². The van der Waals surface area contributed by atoms with Crippen molar-refractivity contribution in [2.24, 2.45) is 0 Å². The molecule has 2 atom stereocenters. The van der Waals surface area contributed by atoms with Gasteiger partial charge >= 0.3 is 11.7 Å². The van der Waals surface area contributed by atoms with E-state index in [0.29, 0.717) is 29.1 Å². The molecule has 2 aromatic carbocycles. The summed E-state index contributed by atoms with van der Waals surface area (Å²) in [6, 6.07) is 13.7. The number of ether oxygens (including phenoxy) is 3. The average molecular weight is 591 g/mol. The lowest BCUT2D eigenvalue weighted by atomic mass is 9.72. The summed E-state index contributed by atoms with van der Waals surface area (Å²) < 4.78 is 16.4. The second-order valence-electron chi connectivity index (χ2n) is 10.0. The van der Waals surface area contributed by atoms with E-state index in [2.05, 4.69) is 5.32 Å². The van der Waals surface area contributed by atoms with E-state index in [1.54, 1.807) is 56.6 Å². The zero-order chi connectivity index (χ0) is 30.0. The number of nitro groups is 1. The number of hydrogen-bond acceptors (Lipinski definition) is 10. The van der Waals surface area contributed by atoms with Gasteiger partial charge in [0.25, 0.3) is 0 Å². The number of ketones is 1. The molecule has 10 nitrogen and oxygen atoms in total. The number of nitrogens with zero attached hydrogens (tertiary/aromatic N) is 1. The highest BCUT2D eigenvalue weighted by Crippen LogP contribution is 2.49. The number of phenolic OH excluding ortho intramolecular Hbond substituents is 1. The largest absolute Gasteiger partial charge is 0.500 e. The molecule has 0 fully saturated rings. The van der Waals surface area contributed by atoms with Gasteiger partial charge in [0, 0.05) is 46.2 Å². The molecule has 1 aromatic heterocycles. The number of Topliss-reactive ketones (excluding diaryl/α,β-unsaturated/α-hetero) is 1. The van der Waals surface area contributed by atoms with Crippen molar-refractivity contribution >= 4 is 28.8 Å². The fourth-order valence-corrected chi connectivity index (χ4v) is 6.33. The number of hydrogen-bond donors (Lipinski definition) is 2. The minimum Gasteiger partial charge on any atom is -0.500 e. The first-order valence-corrected chi connectivity index (χ1v) is 14.3. The van der Waals surface area contributed by atoms with Gasteiger partial charge in [0.2, 0.25) is 5.75 Å². The molecule has 0 radical (unpaired) electrons. The highest BCUT2D eigenvalue weighted by Gasteiger charge is 2.42. The van der Waals surface area contributed by atoms with Crippen LogP contribution in [0.2, 0.25) is 0 Å². The van der Waals surface area contributed by atoms with Crippen LogP contribution in [0, 0.1) is 10.1 Å². The van der Waals surface area contributed by atoms with E-state index in [9.17, 15) is 24.8 Å². The number of aromatic hydroxyl groups is 1. The zero-order valence-corrected chi connectivity index (χ0v) is 24.2. The van der Waals surface area contributed by atoms with Gasteiger partial charge in [0.15, 0.2) is 11.5 Å². The fraction of sp³-hybridized carbons (Fsp3) is 0.290. The second kappa shape index (κ2) is 12.1. The zero-order valence-electron chi connectivity index (χ0n) is 23.3. The number of methoxy groups -OCH3 is 1. The summed E-state index contributed by atoms with van der Waals surface area (Å²) in [6.07, 6.45) is 0.755. The number of carbonyl (C=O) groups excluding carboxylic acids is 2. The quantitative estimate of drug-likeness (QED) is 0.178. The van der Waals surface area contributed by atoms with Gasteiger partial charge in [-0.15, -0.1) is 11.3 Å². The molecule has 2 heterocycles. The van der Waals surface area contributed by atoms with E-state index in [1.807, 2.05) is 17.5 Å². The van der Waals surface area contributed by atoms with Gasteiger partial charge in [-0.1, -0.05) is 18.2 Å². The molecule has 5 rings (SSSR count). The second-order valence-corrected chi connectivity index (χ2v) is 11.0. The number of thiophene rings is 1. The maximum Gasteiger partial charge on any atom is 0.337 e. The van der Waals surface area contributed by atoms with E-state index in [-0.39, 0.29) is 48.2 Å². The average Bonchev–Trinajstić information content (AvgIpc) is 3.52. The van der Waals surface area contributed by atoms with Crippen LogP contribution < -0.4 is 14.8 Å². The van der Waals surface area contributed by atoms with Gasteiger partial charge in [-0.05, 0) is 61.0 Å². The normalized spacial score (nSPS) is 18.3. The molecule has 11 heteroatoms. The van der Waals surface area contributed by atoms with Crippen LogP contribution in [0.1, 0.15) is 54.5 Å². The number of benzene rings is 2. The maximum absolute atomic E-state index is 13.8. The van der Waals surface area contributed by atoms with Gasteiger partial charge in [0.1, 0.15) is 12.4 Å². The molecule has 0 saturated heterocycles. The van der Waals surface area contributed by atoms with Crippen molar-refractivity contribution in [2.75, 3.05) is 13.7 Å². The molecule has 2 N–H and O–H groups in total. The van der Waals surface area contributed by atoms with Crippen molar-refractivity contribution in [1.29, 1.82) is 0 Å². The SMILES string of the molecule is CCOc1cc([C@H]2C(C(=O)OCc3ccc(OC)cc3)=C(C)NC3=C2C(=O)C[C@@H](c2cccs2)C3)cc([N+](=O)[O-])c1O. The lowest BCUT2D eigenvalue weighted by molar-refractivity contribution is -0.386. The molecule has 0 spiro atoms. The standard InChI is InChI=1S/C31H30N2O8S/c1-4-40-25-15-20(13-23(30(25)35)33(37)38)28-27(31(36)41-16-18-7-9-21(39-3)10-8-18)17(2)32-22-12-19(14-24(34)29(22)28)26-6-5-11-42-26/h5-11,13,15,19,28,32,35H,4,12,14,16H2,1-3H3/t19-,28-/m0/s1. The van der Waals surface area contributed by atoms with E-state index in [4.69, 9.17) is 14.2 Å². The topological polar surface area (TPSA) is 137 Å². The number of nitrogens with one attached hydrogen (secondary N) is 1. The van der Waals surface area contributed by atoms with Crippen molar-refractivity contribution in [3.8, 4) is 17.2 Å². The third kappa shape index (κ3) is 5.60. The molecular weight excluding hydrogens is 560 g/mol. The first-order valence-electron chi connectivity index (χ1n) is 13.4. The Labute approximate surface area is 246 Å². The number of phenols is 1. The molecule has 218 valence electrons.